The zero-order valence-electron chi connectivity index (χ0n) is 10.5. The van der Waals surface area contributed by atoms with E-state index in [1.54, 1.807) is 17.4 Å². The van der Waals surface area contributed by atoms with E-state index in [-0.39, 0.29) is 11.9 Å². The monoisotopic (exact) mass is 263 g/mol. The van der Waals surface area contributed by atoms with Gasteiger partial charge in [-0.1, -0.05) is 31.2 Å². The fraction of sp³-hybridized carbons (Fsp3) is 0.333. The van der Waals surface area contributed by atoms with E-state index < -0.39 is 0 Å². The van der Waals surface area contributed by atoms with Crippen LogP contribution in [0.25, 0.3) is 0 Å². The van der Waals surface area contributed by atoms with Gasteiger partial charge in [0.2, 0.25) is 0 Å². The molecule has 0 saturated carbocycles. The third kappa shape index (κ3) is 3.40. The first-order chi connectivity index (χ1) is 8.81. The van der Waals surface area contributed by atoms with Gasteiger partial charge in [0.05, 0.1) is 0 Å². The van der Waals surface area contributed by atoms with Crippen LogP contribution in [-0.2, 0) is 6.42 Å². The van der Waals surface area contributed by atoms with E-state index in [1.165, 1.54) is 10.9 Å². The molecule has 1 atom stereocenters. The second kappa shape index (κ2) is 6.66. The summed E-state index contributed by atoms with van der Waals surface area (Å²) < 4.78 is 13.7. The van der Waals surface area contributed by atoms with E-state index in [9.17, 15) is 4.39 Å². The fourth-order valence-electron chi connectivity index (χ4n) is 2.06. The molecule has 1 nitrogen and oxygen atoms in total. The average molecular weight is 263 g/mol. The zero-order valence-corrected chi connectivity index (χ0v) is 11.3. The number of hydrogen-bond acceptors (Lipinski definition) is 2. The molecular weight excluding hydrogens is 245 g/mol. The van der Waals surface area contributed by atoms with Gasteiger partial charge in [-0.05, 0) is 30.4 Å². The summed E-state index contributed by atoms with van der Waals surface area (Å²) in [6, 6.07) is 11.3. The molecule has 1 unspecified atom stereocenters. The lowest BCUT2D eigenvalue weighted by Gasteiger charge is -2.17. The minimum atomic E-state index is -0.118. The highest BCUT2D eigenvalue weighted by Gasteiger charge is 2.12. The number of nitrogens with one attached hydrogen (secondary N) is 1. The van der Waals surface area contributed by atoms with Crippen molar-refractivity contribution in [2.24, 2.45) is 0 Å². The van der Waals surface area contributed by atoms with Crippen LogP contribution >= 0.6 is 11.3 Å². The molecular formula is C15H18FNS. The molecule has 2 rings (SSSR count). The standard InChI is InChI=1S/C15H18FNS/c1-2-15(13-7-3-4-8-14(13)16)17-10-9-12-6-5-11-18-12/h3-8,11,15,17H,2,9-10H2,1H3. The highest BCUT2D eigenvalue weighted by Crippen LogP contribution is 2.19. The van der Waals surface area contributed by atoms with Crippen LogP contribution in [0.4, 0.5) is 4.39 Å². The molecule has 0 spiro atoms. The Bertz CT molecular complexity index is 467. The van der Waals surface area contributed by atoms with Crippen LogP contribution in [-0.4, -0.2) is 6.54 Å². The van der Waals surface area contributed by atoms with Gasteiger partial charge in [-0.15, -0.1) is 11.3 Å². The Labute approximate surface area is 112 Å². The summed E-state index contributed by atoms with van der Waals surface area (Å²) in [6.45, 7) is 2.96. The van der Waals surface area contributed by atoms with Crippen molar-refractivity contribution in [1.82, 2.24) is 5.32 Å². The SMILES string of the molecule is CCC(NCCc1cccs1)c1ccccc1F. The van der Waals surface area contributed by atoms with Crippen molar-refractivity contribution < 1.29 is 4.39 Å². The molecule has 1 heterocycles. The molecule has 0 bridgehead atoms. The molecule has 96 valence electrons. The van der Waals surface area contributed by atoms with Gasteiger partial charge >= 0.3 is 0 Å². The molecule has 0 aliphatic carbocycles. The summed E-state index contributed by atoms with van der Waals surface area (Å²) in [6.07, 6.45) is 1.90. The van der Waals surface area contributed by atoms with Gasteiger partial charge in [-0.3, -0.25) is 0 Å². The summed E-state index contributed by atoms with van der Waals surface area (Å²) in [5, 5.41) is 5.52. The van der Waals surface area contributed by atoms with Crippen LogP contribution in [0.3, 0.4) is 0 Å². The second-order valence-corrected chi connectivity index (χ2v) is 5.30. The quantitative estimate of drug-likeness (QED) is 0.824. The molecule has 0 aliphatic rings. The van der Waals surface area contributed by atoms with Crippen molar-refractivity contribution in [2.45, 2.75) is 25.8 Å². The van der Waals surface area contributed by atoms with Gasteiger partial charge in [0.25, 0.3) is 0 Å². The van der Waals surface area contributed by atoms with E-state index in [1.807, 2.05) is 12.1 Å². The molecule has 3 heteroatoms. The van der Waals surface area contributed by atoms with Gasteiger partial charge in [-0.2, -0.15) is 0 Å². The lowest BCUT2D eigenvalue weighted by atomic mass is 10.0. The predicted octanol–water partition coefficient (Wildman–Crippen LogP) is 4.17. The Morgan fingerprint density at radius 3 is 2.72 bits per heavy atom. The van der Waals surface area contributed by atoms with E-state index in [0.29, 0.717) is 0 Å². The molecule has 1 aromatic carbocycles. The molecule has 0 aliphatic heterocycles. The molecule has 1 N–H and O–H groups in total. The van der Waals surface area contributed by atoms with Crippen molar-refractivity contribution in [3.8, 4) is 0 Å². The molecule has 2 aromatic rings. The smallest absolute Gasteiger partial charge is 0.127 e. The van der Waals surface area contributed by atoms with Gasteiger partial charge in [-0.25, -0.2) is 4.39 Å². The topological polar surface area (TPSA) is 12.0 Å². The van der Waals surface area contributed by atoms with Crippen LogP contribution in [0.5, 0.6) is 0 Å². The first-order valence-corrected chi connectivity index (χ1v) is 7.19. The number of hydrogen-bond donors (Lipinski definition) is 1. The lowest BCUT2D eigenvalue weighted by Crippen LogP contribution is -2.23. The second-order valence-electron chi connectivity index (χ2n) is 4.27. The van der Waals surface area contributed by atoms with E-state index in [0.717, 1.165) is 24.9 Å². The number of thiophene rings is 1. The Kier molecular flexibility index (Phi) is 4.90. The van der Waals surface area contributed by atoms with E-state index >= 15 is 0 Å². The summed E-state index contributed by atoms with van der Waals surface area (Å²) >= 11 is 1.77. The first kappa shape index (κ1) is 13.2. The van der Waals surface area contributed by atoms with Crippen molar-refractivity contribution >= 4 is 11.3 Å². The van der Waals surface area contributed by atoms with Crippen LogP contribution in [0.15, 0.2) is 41.8 Å². The van der Waals surface area contributed by atoms with Crippen molar-refractivity contribution in [2.75, 3.05) is 6.54 Å². The van der Waals surface area contributed by atoms with Crippen molar-refractivity contribution in [3.63, 3.8) is 0 Å². The first-order valence-electron chi connectivity index (χ1n) is 6.31. The molecule has 1 aromatic heterocycles. The van der Waals surface area contributed by atoms with E-state index in [4.69, 9.17) is 0 Å². The van der Waals surface area contributed by atoms with Crippen LogP contribution < -0.4 is 5.32 Å². The van der Waals surface area contributed by atoms with Crippen LogP contribution in [0.2, 0.25) is 0 Å². The third-order valence-corrected chi connectivity index (χ3v) is 3.97. The number of benzene rings is 1. The normalized spacial score (nSPS) is 12.6. The predicted molar refractivity (Wildman–Crippen MR) is 75.5 cm³/mol. The van der Waals surface area contributed by atoms with Gasteiger partial charge in [0, 0.05) is 23.0 Å². The summed E-state index contributed by atoms with van der Waals surface area (Å²) in [4.78, 5) is 1.37. The fourth-order valence-corrected chi connectivity index (χ4v) is 2.77. The average Bonchev–Trinajstić information content (AvgIpc) is 2.89. The lowest BCUT2D eigenvalue weighted by molar-refractivity contribution is 0.492. The van der Waals surface area contributed by atoms with Crippen molar-refractivity contribution in [3.05, 3.63) is 58.0 Å². The summed E-state index contributed by atoms with van der Waals surface area (Å²) in [7, 11) is 0. The minimum Gasteiger partial charge on any atom is -0.309 e. The maximum absolute atomic E-state index is 13.7. The Balaban J connectivity index is 1.91. The highest BCUT2D eigenvalue weighted by molar-refractivity contribution is 7.09. The third-order valence-electron chi connectivity index (χ3n) is 3.03. The van der Waals surface area contributed by atoms with Gasteiger partial charge in [0.15, 0.2) is 0 Å². The van der Waals surface area contributed by atoms with Crippen LogP contribution in [0.1, 0.15) is 29.8 Å². The molecule has 0 saturated heterocycles. The van der Waals surface area contributed by atoms with E-state index in [2.05, 4.69) is 29.8 Å². The maximum atomic E-state index is 13.7. The van der Waals surface area contributed by atoms with Gasteiger partial charge in [0.1, 0.15) is 5.82 Å². The Hall–Kier alpha value is -1.19. The largest absolute Gasteiger partial charge is 0.309 e. The molecule has 0 amide bonds. The van der Waals surface area contributed by atoms with Crippen LogP contribution in [0, 0.1) is 5.82 Å². The Morgan fingerprint density at radius 2 is 2.06 bits per heavy atom. The number of rotatable bonds is 6. The highest BCUT2D eigenvalue weighted by atomic mass is 32.1. The maximum Gasteiger partial charge on any atom is 0.127 e. The summed E-state index contributed by atoms with van der Waals surface area (Å²) in [5.41, 5.74) is 0.770. The summed E-state index contributed by atoms with van der Waals surface area (Å²) in [5.74, 6) is -0.118. The number of halogens is 1. The van der Waals surface area contributed by atoms with Gasteiger partial charge < -0.3 is 5.32 Å². The Morgan fingerprint density at radius 1 is 1.22 bits per heavy atom. The molecule has 18 heavy (non-hydrogen) atoms. The zero-order chi connectivity index (χ0) is 12.8. The molecule has 0 radical (unpaired) electrons. The van der Waals surface area contributed by atoms with Crippen molar-refractivity contribution in [1.29, 1.82) is 0 Å². The minimum absolute atomic E-state index is 0.103. The molecule has 0 fully saturated rings.